The van der Waals surface area contributed by atoms with Gasteiger partial charge in [0.05, 0.1) is 18.2 Å². The zero-order valence-corrected chi connectivity index (χ0v) is 11.9. The number of amides is 1. The minimum Gasteiger partial charge on any atom is -0.367 e. The molecule has 1 amide bonds. The minimum absolute atomic E-state index is 0.0491. The predicted octanol–water partition coefficient (Wildman–Crippen LogP) is 3.37. The van der Waals surface area contributed by atoms with Crippen LogP contribution >= 0.6 is 11.6 Å². The van der Waals surface area contributed by atoms with Gasteiger partial charge in [0, 0.05) is 10.7 Å². The maximum absolute atomic E-state index is 11.7. The van der Waals surface area contributed by atoms with Crippen LogP contribution < -0.4 is 5.32 Å². The normalized spacial score (nSPS) is 9.90. The number of anilines is 1. The molecule has 0 saturated carbocycles. The number of carbonyl (C=O) groups is 1. The van der Waals surface area contributed by atoms with Gasteiger partial charge >= 0.3 is 0 Å². The number of ether oxygens (including phenoxy) is 1. The van der Waals surface area contributed by atoms with Crippen molar-refractivity contribution in [1.82, 2.24) is 0 Å². The Balaban J connectivity index is 1.78. The first-order valence-electron chi connectivity index (χ1n) is 6.29. The van der Waals surface area contributed by atoms with E-state index in [1.165, 1.54) is 0 Å². The summed E-state index contributed by atoms with van der Waals surface area (Å²) in [4.78, 5) is 11.7. The van der Waals surface area contributed by atoms with Crippen molar-refractivity contribution in [2.45, 2.75) is 6.61 Å². The molecule has 2 rings (SSSR count). The highest BCUT2D eigenvalue weighted by Crippen LogP contribution is 2.12. The third-order valence-corrected chi connectivity index (χ3v) is 2.92. The summed E-state index contributed by atoms with van der Waals surface area (Å²) < 4.78 is 5.33. The first-order chi connectivity index (χ1) is 10.2. The standard InChI is InChI=1S/C16H13ClN2O2/c17-14-3-1-2-13(8-14)10-21-11-16(20)19-15-6-4-12(9-18)5-7-15/h1-8H,10-11H2,(H,19,20). The first-order valence-corrected chi connectivity index (χ1v) is 6.67. The van der Waals surface area contributed by atoms with Crippen molar-refractivity contribution in [3.8, 4) is 6.07 Å². The number of nitriles is 1. The maximum Gasteiger partial charge on any atom is 0.250 e. The van der Waals surface area contributed by atoms with Crippen LogP contribution in [0.4, 0.5) is 5.69 Å². The van der Waals surface area contributed by atoms with E-state index in [1.54, 1.807) is 36.4 Å². The second-order valence-corrected chi connectivity index (χ2v) is 4.80. The summed E-state index contributed by atoms with van der Waals surface area (Å²) in [6.07, 6.45) is 0. The molecule has 0 aliphatic rings. The Hall–Kier alpha value is -2.35. The van der Waals surface area contributed by atoms with Gasteiger partial charge < -0.3 is 10.1 Å². The zero-order chi connectivity index (χ0) is 15.1. The molecule has 0 radical (unpaired) electrons. The van der Waals surface area contributed by atoms with Crippen molar-refractivity contribution in [3.05, 3.63) is 64.7 Å². The molecular weight excluding hydrogens is 288 g/mol. The largest absolute Gasteiger partial charge is 0.367 e. The van der Waals surface area contributed by atoms with Crippen molar-refractivity contribution >= 4 is 23.2 Å². The van der Waals surface area contributed by atoms with Crippen molar-refractivity contribution in [2.75, 3.05) is 11.9 Å². The lowest BCUT2D eigenvalue weighted by molar-refractivity contribution is -0.121. The van der Waals surface area contributed by atoms with Crippen LogP contribution in [0.1, 0.15) is 11.1 Å². The molecule has 2 aromatic rings. The lowest BCUT2D eigenvalue weighted by atomic mass is 10.2. The molecule has 0 spiro atoms. The molecule has 0 heterocycles. The number of halogens is 1. The van der Waals surface area contributed by atoms with Crippen LogP contribution in [0.3, 0.4) is 0 Å². The monoisotopic (exact) mass is 300 g/mol. The van der Waals surface area contributed by atoms with Gasteiger partial charge in [0.15, 0.2) is 0 Å². The van der Waals surface area contributed by atoms with Gasteiger partial charge in [-0.2, -0.15) is 5.26 Å². The third kappa shape index (κ3) is 4.92. The van der Waals surface area contributed by atoms with Crippen LogP contribution in [0.5, 0.6) is 0 Å². The second kappa shape index (κ2) is 7.44. The summed E-state index contributed by atoms with van der Waals surface area (Å²) in [6.45, 7) is 0.272. The lowest BCUT2D eigenvalue weighted by Crippen LogP contribution is -2.18. The van der Waals surface area contributed by atoms with Crippen LogP contribution in [0, 0.1) is 11.3 Å². The van der Waals surface area contributed by atoms with E-state index in [0.717, 1.165) is 5.56 Å². The average Bonchev–Trinajstić information content (AvgIpc) is 2.48. The Bertz CT molecular complexity index is 663. The second-order valence-electron chi connectivity index (χ2n) is 4.36. The van der Waals surface area contributed by atoms with Gasteiger partial charge in [0.2, 0.25) is 5.91 Å². The highest BCUT2D eigenvalue weighted by molar-refractivity contribution is 6.30. The molecule has 0 saturated heterocycles. The van der Waals surface area contributed by atoms with Crippen LogP contribution in [-0.2, 0) is 16.1 Å². The quantitative estimate of drug-likeness (QED) is 0.921. The molecule has 2 aromatic carbocycles. The van der Waals surface area contributed by atoms with E-state index in [0.29, 0.717) is 22.9 Å². The smallest absolute Gasteiger partial charge is 0.250 e. The summed E-state index contributed by atoms with van der Waals surface area (Å²) in [6, 6.07) is 15.9. The lowest BCUT2D eigenvalue weighted by Gasteiger charge is -2.06. The van der Waals surface area contributed by atoms with Gasteiger partial charge in [0.1, 0.15) is 6.61 Å². The van der Waals surface area contributed by atoms with Crippen molar-refractivity contribution in [1.29, 1.82) is 5.26 Å². The van der Waals surface area contributed by atoms with E-state index in [2.05, 4.69) is 5.32 Å². The summed E-state index contributed by atoms with van der Waals surface area (Å²) in [5, 5.41) is 12.0. The van der Waals surface area contributed by atoms with Crippen LogP contribution in [0.15, 0.2) is 48.5 Å². The van der Waals surface area contributed by atoms with E-state index in [4.69, 9.17) is 21.6 Å². The topological polar surface area (TPSA) is 62.1 Å². The SMILES string of the molecule is N#Cc1ccc(NC(=O)COCc2cccc(Cl)c2)cc1. The molecule has 0 aliphatic carbocycles. The fraction of sp³-hybridized carbons (Fsp3) is 0.125. The van der Waals surface area contributed by atoms with Crippen molar-refractivity contribution in [2.24, 2.45) is 0 Å². The summed E-state index contributed by atoms with van der Waals surface area (Å²) >= 11 is 5.86. The fourth-order valence-electron chi connectivity index (χ4n) is 1.71. The number of hydrogen-bond acceptors (Lipinski definition) is 3. The Kier molecular flexibility index (Phi) is 5.33. The molecule has 1 N–H and O–H groups in total. The number of nitrogens with one attached hydrogen (secondary N) is 1. The molecule has 0 atom stereocenters. The predicted molar refractivity (Wildman–Crippen MR) is 80.9 cm³/mol. The van der Waals surface area contributed by atoms with Gasteiger partial charge in [-0.15, -0.1) is 0 Å². The number of nitrogens with zero attached hydrogens (tertiary/aromatic N) is 1. The highest BCUT2D eigenvalue weighted by atomic mass is 35.5. The number of rotatable bonds is 5. The molecule has 4 nitrogen and oxygen atoms in total. The Morgan fingerprint density at radius 1 is 1.24 bits per heavy atom. The number of carbonyl (C=O) groups excluding carboxylic acids is 1. The van der Waals surface area contributed by atoms with E-state index in [9.17, 15) is 4.79 Å². The zero-order valence-electron chi connectivity index (χ0n) is 11.2. The third-order valence-electron chi connectivity index (χ3n) is 2.69. The Morgan fingerprint density at radius 3 is 2.67 bits per heavy atom. The van der Waals surface area contributed by atoms with E-state index < -0.39 is 0 Å². The van der Waals surface area contributed by atoms with Gasteiger partial charge in [-0.1, -0.05) is 23.7 Å². The number of hydrogen-bond donors (Lipinski definition) is 1. The molecule has 21 heavy (non-hydrogen) atoms. The molecule has 0 unspecified atom stereocenters. The van der Waals surface area contributed by atoms with Crippen LogP contribution in [0.25, 0.3) is 0 Å². The van der Waals surface area contributed by atoms with E-state index >= 15 is 0 Å². The Morgan fingerprint density at radius 2 is 2.00 bits per heavy atom. The van der Waals surface area contributed by atoms with Gasteiger partial charge in [0.25, 0.3) is 0 Å². The van der Waals surface area contributed by atoms with E-state index in [-0.39, 0.29) is 12.5 Å². The van der Waals surface area contributed by atoms with Gasteiger partial charge in [-0.25, -0.2) is 0 Å². The summed E-state index contributed by atoms with van der Waals surface area (Å²) in [5.74, 6) is -0.248. The molecule has 5 heteroatoms. The molecule has 0 bridgehead atoms. The molecule has 0 aliphatic heterocycles. The van der Waals surface area contributed by atoms with Gasteiger partial charge in [-0.05, 0) is 42.0 Å². The fourth-order valence-corrected chi connectivity index (χ4v) is 1.93. The van der Waals surface area contributed by atoms with E-state index in [1.807, 2.05) is 18.2 Å². The summed E-state index contributed by atoms with van der Waals surface area (Å²) in [7, 11) is 0. The minimum atomic E-state index is -0.248. The van der Waals surface area contributed by atoms with Crippen LogP contribution in [0.2, 0.25) is 5.02 Å². The average molecular weight is 301 g/mol. The van der Waals surface area contributed by atoms with Crippen LogP contribution in [-0.4, -0.2) is 12.5 Å². The number of benzene rings is 2. The van der Waals surface area contributed by atoms with Gasteiger partial charge in [-0.3, -0.25) is 4.79 Å². The highest BCUT2D eigenvalue weighted by Gasteiger charge is 2.03. The molecule has 0 aromatic heterocycles. The molecule has 106 valence electrons. The maximum atomic E-state index is 11.7. The molecule has 0 fully saturated rings. The van der Waals surface area contributed by atoms with Crippen molar-refractivity contribution in [3.63, 3.8) is 0 Å². The first kappa shape index (κ1) is 15.0. The summed E-state index contributed by atoms with van der Waals surface area (Å²) in [5.41, 5.74) is 2.09. The van der Waals surface area contributed by atoms with Crippen molar-refractivity contribution < 1.29 is 9.53 Å². The molecular formula is C16H13ClN2O2. The Labute approximate surface area is 127 Å².